The molecule has 0 fully saturated rings. The number of carbonyl (C=O) groups is 2. The molecule has 10 nitrogen and oxygen atoms in total. The fraction of sp³-hybridized carbons (Fsp3) is 0.0667. The van der Waals surface area contributed by atoms with Crippen molar-refractivity contribution in [2.75, 3.05) is 0 Å². The first-order chi connectivity index (χ1) is 11.9. The van der Waals surface area contributed by atoms with Crippen LogP contribution in [-0.4, -0.2) is 35.5 Å². The Hall–Kier alpha value is -3.31. The Morgan fingerprint density at radius 3 is 1.73 bits per heavy atom. The number of hydrogen-bond acceptors (Lipinski definition) is 6. The summed E-state index contributed by atoms with van der Waals surface area (Å²) in [6, 6.07) is 8.52. The summed E-state index contributed by atoms with van der Waals surface area (Å²) in [6.45, 7) is 1.48. The van der Waals surface area contributed by atoms with E-state index in [1.165, 1.54) is 25.1 Å². The Balaban J connectivity index is 0.000000260. The molecule has 0 spiro atoms. The van der Waals surface area contributed by atoms with E-state index in [-0.39, 0.29) is 27.3 Å². The van der Waals surface area contributed by atoms with E-state index in [9.17, 15) is 28.1 Å². The van der Waals surface area contributed by atoms with Gasteiger partial charge in [-0.25, -0.2) is 23.1 Å². The van der Waals surface area contributed by atoms with E-state index in [4.69, 9.17) is 15.4 Å². The summed E-state index contributed by atoms with van der Waals surface area (Å²) in [5.41, 5.74) is 0.162. The molecule has 11 heteroatoms. The van der Waals surface area contributed by atoms with E-state index < -0.39 is 26.9 Å². The van der Waals surface area contributed by atoms with Crippen LogP contribution in [-0.2, 0) is 10.0 Å². The van der Waals surface area contributed by atoms with Crippen LogP contribution in [0.3, 0.4) is 0 Å². The van der Waals surface area contributed by atoms with Gasteiger partial charge in [-0.1, -0.05) is 6.07 Å². The molecule has 0 amide bonds. The van der Waals surface area contributed by atoms with Crippen molar-refractivity contribution in [1.29, 1.82) is 0 Å². The first kappa shape index (κ1) is 20.7. The normalized spacial score (nSPS) is 10.4. The van der Waals surface area contributed by atoms with Crippen LogP contribution in [0.5, 0.6) is 0 Å². The third kappa shape index (κ3) is 5.36. The zero-order valence-corrected chi connectivity index (χ0v) is 14.1. The van der Waals surface area contributed by atoms with Gasteiger partial charge in [0.25, 0.3) is 5.69 Å². The van der Waals surface area contributed by atoms with Gasteiger partial charge in [0.1, 0.15) is 0 Å². The number of nitro benzene ring substituents is 1. The lowest BCUT2D eigenvalue weighted by Crippen LogP contribution is -2.11. The molecular formula is C15H14N2O8S. The van der Waals surface area contributed by atoms with E-state index in [1.807, 2.05) is 0 Å². The predicted molar refractivity (Wildman–Crippen MR) is 89.6 cm³/mol. The number of sulfonamides is 1. The van der Waals surface area contributed by atoms with Crippen LogP contribution in [0.1, 0.15) is 26.3 Å². The number of primary sulfonamides is 1. The summed E-state index contributed by atoms with van der Waals surface area (Å²) >= 11 is 0. The lowest BCUT2D eigenvalue weighted by Gasteiger charge is -2.03. The quantitative estimate of drug-likeness (QED) is 0.527. The fourth-order valence-electron chi connectivity index (χ4n) is 1.86. The van der Waals surface area contributed by atoms with Crippen LogP contribution in [0, 0.1) is 17.0 Å². The van der Waals surface area contributed by atoms with Gasteiger partial charge in [-0.3, -0.25) is 10.1 Å². The van der Waals surface area contributed by atoms with E-state index in [0.717, 1.165) is 24.3 Å². The molecule has 0 heterocycles. The van der Waals surface area contributed by atoms with Crippen LogP contribution in [0.15, 0.2) is 47.4 Å². The van der Waals surface area contributed by atoms with Crippen LogP contribution in [0.2, 0.25) is 0 Å². The van der Waals surface area contributed by atoms with Crippen LogP contribution in [0.25, 0.3) is 0 Å². The van der Waals surface area contributed by atoms with E-state index in [0.29, 0.717) is 0 Å². The van der Waals surface area contributed by atoms with Gasteiger partial charge in [0.05, 0.1) is 20.9 Å². The minimum atomic E-state index is -3.77. The SMILES string of the molecule is Cc1c(C(=O)O)cccc1C(=O)O.NS(=O)(=O)c1ccc([N+](=O)[O-])cc1. The number of nitro groups is 1. The minimum absolute atomic E-state index is 0.0277. The standard InChI is InChI=1S/C9H8O4.C6H6N2O4S/c1-5-6(8(10)11)3-2-4-7(5)9(12)13;7-13(11,12)6-3-1-5(2-4-6)8(9)10/h2-4H,1H3,(H,10,11)(H,12,13);1-4H,(H2,7,11,12). The summed E-state index contributed by atoms with van der Waals surface area (Å²) in [5.74, 6) is -2.22. The molecule has 0 unspecified atom stereocenters. The summed E-state index contributed by atoms with van der Waals surface area (Å²) in [4.78, 5) is 30.6. The number of non-ortho nitro benzene ring substituents is 1. The largest absolute Gasteiger partial charge is 0.478 e. The number of aromatic carboxylic acids is 2. The van der Waals surface area contributed by atoms with Crippen molar-refractivity contribution < 1.29 is 33.1 Å². The maximum atomic E-state index is 10.7. The van der Waals surface area contributed by atoms with Gasteiger partial charge < -0.3 is 10.2 Å². The van der Waals surface area contributed by atoms with Crippen molar-refractivity contribution >= 4 is 27.6 Å². The second kappa shape index (κ2) is 8.18. The first-order valence-electron chi connectivity index (χ1n) is 6.78. The summed E-state index contributed by atoms with van der Waals surface area (Å²) in [7, 11) is -3.77. The molecular weight excluding hydrogens is 368 g/mol. The van der Waals surface area contributed by atoms with Gasteiger partial charge in [-0.15, -0.1) is 0 Å². The lowest BCUT2D eigenvalue weighted by atomic mass is 10.0. The number of carboxylic acids is 2. The van der Waals surface area contributed by atoms with E-state index >= 15 is 0 Å². The van der Waals surface area contributed by atoms with Gasteiger partial charge in [0.2, 0.25) is 10.0 Å². The molecule has 0 bridgehead atoms. The highest BCUT2D eigenvalue weighted by Crippen LogP contribution is 2.14. The molecule has 0 aliphatic carbocycles. The molecule has 2 aromatic carbocycles. The van der Waals surface area contributed by atoms with E-state index in [1.54, 1.807) is 0 Å². The Morgan fingerprint density at radius 1 is 1.00 bits per heavy atom. The monoisotopic (exact) mass is 382 g/mol. The average Bonchev–Trinajstić information content (AvgIpc) is 2.54. The first-order valence-corrected chi connectivity index (χ1v) is 8.33. The second-order valence-electron chi connectivity index (χ2n) is 4.88. The predicted octanol–water partition coefficient (Wildman–Crippen LogP) is 1.63. The summed E-state index contributed by atoms with van der Waals surface area (Å²) in [6.07, 6.45) is 0. The Morgan fingerprint density at radius 2 is 1.42 bits per heavy atom. The molecule has 0 aliphatic rings. The van der Waals surface area contributed by atoms with Gasteiger partial charge in [0.15, 0.2) is 0 Å². The molecule has 0 saturated carbocycles. The Bertz CT molecular complexity index is 920. The number of nitrogens with two attached hydrogens (primary N) is 1. The number of carboxylic acid groups (broad SMARTS) is 2. The van der Waals surface area contributed by atoms with Crippen LogP contribution in [0.4, 0.5) is 5.69 Å². The highest BCUT2D eigenvalue weighted by atomic mass is 32.2. The molecule has 26 heavy (non-hydrogen) atoms. The number of rotatable bonds is 4. The highest BCUT2D eigenvalue weighted by Gasteiger charge is 2.13. The van der Waals surface area contributed by atoms with Crippen molar-refractivity contribution in [3.63, 3.8) is 0 Å². The molecule has 2 rings (SSSR count). The molecule has 0 saturated heterocycles. The molecule has 2 aromatic rings. The second-order valence-corrected chi connectivity index (χ2v) is 6.45. The Kier molecular flexibility index (Phi) is 6.52. The van der Waals surface area contributed by atoms with Crippen molar-refractivity contribution in [3.05, 3.63) is 69.3 Å². The van der Waals surface area contributed by atoms with Crippen LogP contribution < -0.4 is 5.14 Å². The zero-order chi connectivity index (χ0) is 20.1. The smallest absolute Gasteiger partial charge is 0.335 e. The fourth-order valence-corrected chi connectivity index (χ4v) is 2.37. The number of nitrogens with zero attached hydrogens (tertiary/aromatic N) is 1. The lowest BCUT2D eigenvalue weighted by molar-refractivity contribution is -0.384. The van der Waals surface area contributed by atoms with Gasteiger partial charge >= 0.3 is 11.9 Å². The van der Waals surface area contributed by atoms with Crippen LogP contribution >= 0.6 is 0 Å². The number of hydrogen-bond donors (Lipinski definition) is 3. The van der Waals surface area contributed by atoms with Crippen molar-refractivity contribution in [2.24, 2.45) is 5.14 Å². The third-order valence-electron chi connectivity index (χ3n) is 3.17. The topological polar surface area (TPSA) is 178 Å². The summed E-state index contributed by atoms with van der Waals surface area (Å²) < 4.78 is 21.4. The molecule has 0 atom stereocenters. The van der Waals surface area contributed by atoms with Crippen molar-refractivity contribution in [2.45, 2.75) is 11.8 Å². The van der Waals surface area contributed by atoms with Crippen molar-refractivity contribution in [1.82, 2.24) is 0 Å². The maximum absolute atomic E-state index is 10.7. The molecule has 0 radical (unpaired) electrons. The molecule has 4 N–H and O–H groups in total. The van der Waals surface area contributed by atoms with Gasteiger partial charge in [-0.05, 0) is 36.8 Å². The number of benzene rings is 2. The molecule has 0 aromatic heterocycles. The zero-order valence-electron chi connectivity index (χ0n) is 13.3. The van der Waals surface area contributed by atoms with E-state index in [2.05, 4.69) is 0 Å². The summed E-state index contributed by atoms with van der Waals surface area (Å²) in [5, 5.41) is 32.3. The van der Waals surface area contributed by atoms with Gasteiger partial charge in [-0.2, -0.15) is 0 Å². The highest BCUT2D eigenvalue weighted by molar-refractivity contribution is 7.89. The average molecular weight is 382 g/mol. The molecule has 138 valence electrons. The van der Waals surface area contributed by atoms with Gasteiger partial charge in [0, 0.05) is 12.1 Å². The molecule has 0 aliphatic heterocycles. The maximum Gasteiger partial charge on any atom is 0.335 e. The van der Waals surface area contributed by atoms with Crippen molar-refractivity contribution in [3.8, 4) is 0 Å². The minimum Gasteiger partial charge on any atom is -0.478 e. The Labute approximate surface area is 147 Å². The third-order valence-corrected chi connectivity index (χ3v) is 4.10.